The van der Waals surface area contributed by atoms with E-state index in [4.69, 9.17) is 6.42 Å². The smallest absolute Gasteiger partial charge is 0.383 e. The van der Waals surface area contributed by atoms with Gasteiger partial charge in [-0.05, 0) is 30.4 Å². The summed E-state index contributed by atoms with van der Waals surface area (Å²) in [7, 11) is 1.82. The lowest BCUT2D eigenvalue weighted by atomic mass is 9.96. The minimum Gasteiger partial charge on any atom is -0.383 e. The van der Waals surface area contributed by atoms with Gasteiger partial charge in [0.2, 0.25) is 0 Å². The third-order valence-corrected chi connectivity index (χ3v) is 8.07. The van der Waals surface area contributed by atoms with E-state index >= 15 is 0 Å². The molecule has 1 saturated carbocycles. The van der Waals surface area contributed by atoms with E-state index in [0.29, 0.717) is 45.6 Å². The molecular weight excluding hydrogens is 567 g/mol. The number of aromatic nitrogens is 3. The number of anilines is 2. The van der Waals surface area contributed by atoms with Crippen LogP contribution in [0.4, 0.5) is 24.5 Å². The lowest BCUT2D eigenvalue weighted by Crippen LogP contribution is -2.52. The molecule has 0 amide bonds. The van der Waals surface area contributed by atoms with Crippen LogP contribution in [-0.2, 0) is 7.05 Å². The number of alkyl halides is 3. The Morgan fingerprint density at radius 3 is 2.59 bits per heavy atom. The molecule has 0 unspecified atom stereocenters. The quantitative estimate of drug-likeness (QED) is 0.196. The second kappa shape index (κ2) is 10.4. The van der Waals surface area contributed by atoms with Gasteiger partial charge in [-0.1, -0.05) is 44.9 Å². The maximum absolute atomic E-state index is 14.0. The van der Waals surface area contributed by atoms with E-state index in [0.717, 1.165) is 21.5 Å². The predicted molar refractivity (Wildman–Crippen MR) is 164 cm³/mol. The van der Waals surface area contributed by atoms with Crippen LogP contribution in [0.2, 0.25) is 0 Å². The molecule has 1 aliphatic heterocycles. The summed E-state index contributed by atoms with van der Waals surface area (Å²) < 4.78 is 43.8. The van der Waals surface area contributed by atoms with Crippen LogP contribution in [0.15, 0.2) is 54.6 Å². The number of nitriles is 1. The number of hydrazine groups is 2. The van der Waals surface area contributed by atoms with Gasteiger partial charge in [0.15, 0.2) is 5.54 Å². The number of fused-ring (bicyclic) bond motifs is 2. The second-order valence-electron chi connectivity index (χ2n) is 12.5. The van der Waals surface area contributed by atoms with Gasteiger partial charge in [0.05, 0.1) is 45.8 Å². The summed E-state index contributed by atoms with van der Waals surface area (Å²) in [5, 5.41) is 24.1. The van der Waals surface area contributed by atoms with Gasteiger partial charge >= 0.3 is 6.18 Å². The Balaban J connectivity index is 1.49. The molecule has 2 aliphatic rings. The van der Waals surface area contributed by atoms with E-state index < -0.39 is 17.8 Å². The average molecular weight is 600 g/mol. The van der Waals surface area contributed by atoms with Gasteiger partial charge in [-0.3, -0.25) is 14.7 Å². The number of hydrogen-bond acceptors (Lipinski definition) is 8. The van der Waals surface area contributed by atoms with Crippen molar-refractivity contribution < 1.29 is 13.2 Å². The first-order valence-corrected chi connectivity index (χ1v) is 14.2. The minimum absolute atomic E-state index is 0.00454. The molecule has 1 fully saturated rings. The van der Waals surface area contributed by atoms with Crippen LogP contribution >= 0.6 is 0 Å². The van der Waals surface area contributed by atoms with Gasteiger partial charge in [-0.15, -0.1) is 12.0 Å². The van der Waals surface area contributed by atoms with E-state index in [1.54, 1.807) is 23.1 Å². The number of halogens is 3. The SMILES string of the molecule is C#Cc1cnc2c(C#N)cc(N[C@H](C3=CN(C4(C(F)(F)F)CC4)NN3)c3cccc4cnn(C)c34)cc2c1NCC(C)(C)C. The molecule has 1 aliphatic carbocycles. The van der Waals surface area contributed by atoms with Crippen molar-refractivity contribution in [3.63, 3.8) is 0 Å². The van der Waals surface area contributed by atoms with Crippen molar-refractivity contribution in [2.75, 3.05) is 17.2 Å². The van der Waals surface area contributed by atoms with E-state index in [-0.39, 0.29) is 18.3 Å². The van der Waals surface area contributed by atoms with Crippen LogP contribution in [0.5, 0.6) is 0 Å². The van der Waals surface area contributed by atoms with Crippen LogP contribution in [0.3, 0.4) is 0 Å². The summed E-state index contributed by atoms with van der Waals surface area (Å²) in [6, 6.07) is 10.9. The van der Waals surface area contributed by atoms with Crippen molar-refractivity contribution in [2.45, 2.75) is 51.4 Å². The Morgan fingerprint density at radius 2 is 1.93 bits per heavy atom. The molecule has 2 aromatic heterocycles. The van der Waals surface area contributed by atoms with Crippen molar-refractivity contribution in [1.82, 2.24) is 30.7 Å². The number of aryl methyl sites for hydroxylation is 1. The fraction of sp³-hybridized carbons (Fsp3) is 0.344. The standard InChI is InChI=1S/C32H32F3N9/c1-6-19-15-37-27-21(14-36)12-22(13-24(27)26(19)38-18-30(2,3)4)40-28(23-9-7-8-20-16-39-43(5)29(20)23)25-17-44(42-41-25)31(10-11-31)32(33,34)35/h1,7-9,12-13,15-17,28,40-42H,10-11,18H2,2-5H3,(H,37,38)/t28-/m0/s1. The second-order valence-corrected chi connectivity index (χ2v) is 12.5. The van der Waals surface area contributed by atoms with Crippen molar-refractivity contribution in [3.05, 3.63) is 71.3 Å². The number of pyridine rings is 1. The van der Waals surface area contributed by atoms with Gasteiger partial charge in [0.25, 0.3) is 0 Å². The largest absolute Gasteiger partial charge is 0.413 e. The number of benzene rings is 2. The summed E-state index contributed by atoms with van der Waals surface area (Å²) in [5.74, 6) is 2.69. The fourth-order valence-corrected chi connectivity index (χ4v) is 5.60. The van der Waals surface area contributed by atoms with Crippen LogP contribution in [0.1, 0.15) is 56.3 Å². The number of nitrogens with zero attached hydrogens (tertiary/aromatic N) is 5. The zero-order valence-corrected chi connectivity index (χ0v) is 24.8. The molecule has 1 atom stereocenters. The maximum Gasteiger partial charge on any atom is 0.413 e. The molecule has 0 saturated heterocycles. The Hall–Kier alpha value is -4.94. The monoisotopic (exact) mass is 599 g/mol. The maximum atomic E-state index is 14.0. The first kappa shape index (κ1) is 29.1. The number of terminal acetylenes is 1. The zero-order chi connectivity index (χ0) is 31.4. The van der Waals surface area contributed by atoms with E-state index in [9.17, 15) is 18.4 Å². The van der Waals surface area contributed by atoms with Gasteiger partial charge in [0.1, 0.15) is 6.07 Å². The summed E-state index contributed by atoms with van der Waals surface area (Å²) in [4.78, 5) is 4.50. The van der Waals surface area contributed by atoms with E-state index in [2.05, 4.69) is 64.4 Å². The molecule has 0 bridgehead atoms. The van der Waals surface area contributed by atoms with Crippen LogP contribution in [0.25, 0.3) is 21.8 Å². The molecule has 3 heterocycles. The average Bonchev–Trinajstić information content (AvgIpc) is 3.52. The van der Waals surface area contributed by atoms with Crippen molar-refractivity contribution in [3.8, 4) is 18.4 Å². The highest BCUT2D eigenvalue weighted by Gasteiger charge is 2.67. The van der Waals surface area contributed by atoms with Crippen LogP contribution in [0, 0.1) is 29.1 Å². The molecule has 6 rings (SSSR count). The molecule has 0 radical (unpaired) electrons. The number of hydrogen-bond donors (Lipinski definition) is 4. The minimum atomic E-state index is -4.41. The lowest BCUT2D eigenvalue weighted by molar-refractivity contribution is -0.195. The molecule has 12 heteroatoms. The number of rotatable bonds is 7. The molecule has 2 aromatic carbocycles. The third kappa shape index (κ3) is 5.01. The molecule has 4 N–H and O–H groups in total. The highest BCUT2D eigenvalue weighted by Crippen LogP contribution is 2.54. The Labute approximate surface area is 253 Å². The summed E-state index contributed by atoms with van der Waals surface area (Å²) in [5.41, 5.74) is 8.37. The molecular formula is C32H32F3N9. The van der Waals surface area contributed by atoms with E-state index in [1.807, 2.05) is 31.3 Å². The predicted octanol–water partition coefficient (Wildman–Crippen LogP) is 5.85. The Kier molecular flexibility index (Phi) is 6.86. The highest BCUT2D eigenvalue weighted by atomic mass is 19.4. The summed E-state index contributed by atoms with van der Waals surface area (Å²) >= 11 is 0. The van der Waals surface area contributed by atoms with Crippen LogP contribution < -0.4 is 21.6 Å². The molecule has 9 nitrogen and oxygen atoms in total. The highest BCUT2D eigenvalue weighted by molar-refractivity contribution is 5.99. The van der Waals surface area contributed by atoms with Crippen molar-refractivity contribution >= 4 is 33.2 Å². The van der Waals surface area contributed by atoms with Crippen molar-refractivity contribution in [1.29, 1.82) is 5.26 Å². The summed E-state index contributed by atoms with van der Waals surface area (Å²) in [6.07, 6.45) is 6.21. The normalized spacial score (nSPS) is 16.7. The Bertz CT molecular complexity index is 1880. The molecule has 0 spiro atoms. The number of nitrogens with one attached hydrogen (secondary N) is 4. The molecule has 226 valence electrons. The van der Waals surface area contributed by atoms with Crippen LogP contribution in [-0.4, -0.2) is 38.0 Å². The summed E-state index contributed by atoms with van der Waals surface area (Å²) in [6.45, 7) is 6.91. The molecule has 44 heavy (non-hydrogen) atoms. The van der Waals surface area contributed by atoms with Crippen molar-refractivity contribution in [2.24, 2.45) is 12.5 Å². The van der Waals surface area contributed by atoms with Gasteiger partial charge in [-0.25, -0.2) is 0 Å². The van der Waals surface area contributed by atoms with Gasteiger partial charge in [-0.2, -0.15) is 23.5 Å². The van der Waals surface area contributed by atoms with Gasteiger partial charge < -0.3 is 16.1 Å². The van der Waals surface area contributed by atoms with E-state index in [1.165, 1.54) is 6.20 Å². The Morgan fingerprint density at radius 1 is 1.16 bits per heavy atom. The zero-order valence-electron chi connectivity index (χ0n) is 24.8. The topological polar surface area (TPSA) is 106 Å². The number of para-hydroxylation sites is 1. The first-order chi connectivity index (χ1) is 20.8. The fourth-order valence-electron chi connectivity index (χ4n) is 5.60. The first-order valence-electron chi connectivity index (χ1n) is 14.2. The van der Waals surface area contributed by atoms with Gasteiger partial charge in [0, 0.05) is 48.0 Å². The third-order valence-electron chi connectivity index (χ3n) is 8.07. The molecule has 4 aromatic rings. The lowest BCUT2D eigenvalue weighted by Gasteiger charge is -2.28.